The van der Waals surface area contributed by atoms with Gasteiger partial charge in [-0.2, -0.15) is 0 Å². The molecule has 40 heavy (non-hydrogen) atoms. The van der Waals surface area contributed by atoms with Crippen LogP contribution < -0.4 is 4.74 Å². The lowest BCUT2D eigenvalue weighted by Gasteiger charge is -2.74. The molecule has 7 atom stereocenters. The van der Waals surface area contributed by atoms with Crippen molar-refractivity contribution in [3.63, 3.8) is 0 Å². The third-order valence-electron chi connectivity index (χ3n) is 11.8. The van der Waals surface area contributed by atoms with E-state index in [1.807, 2.05) is 17.8 Å². The van der Waals surface area contributed by atoms with Gasteiger partial charge in [0.25, 0.3) is 0 Å². The summed E-state index contributed by atoms with van der Waals surface area (Å²) in [7, 11) is 1.78. The van der Waals surface area contributed by atoms with Crippen LogP contribution in [0.25, 0.3) is 0 Å². The fourth-order valence-corrected chi connectivity index (χ4v) is 10.6. The Morgan fingerprint density at radius 2 is 1.95 bits per heavy atom. The Morgan fingerprint density at radius 3 is 2.67 bits per heavy atom. The number of phenolic OH excluding ortho intramolecular Hbond substituents is 1. The number of benzene rings is 2. The van der Waals surface area contributed by atoms with Crippen molar-refractivity contribution in [1.29, 1.82) is 0 Å². The van der Waals surface area contributed by atoms with Crippen LogP contribution in [-0.4, -0.2) is 58.8 Å². The minimum absolute atomic E-state index is 0.205. The summed E-state index contributed by atoms with van der Waals surface area (Å²) >= 11 is 1.86. The molecule has 0 aromatic heterocycles. The van der Waals surface area contributed by atoms with Gasteiger partial charge in [0.05, 0.1) is 11.5 Å². The van der Waals surface area contributed by atoms with Crippen LogP contribution in [0.1, 0.15) is 68.7 Å². The first-order valence-corrected chi connectivity index (χ1v) is 16.2. The van der Waals surface area contributed by atoms with Gasteiger partial charge in [0.1, 0.15) is 11.7 Å². The Bertz CT molecular complexity index is 1390. The third kappa shape index (κ3) is 2.96. The van der Waals surface area contributed by atoms with Crippen LogP contribution in [0.2, 0.25) is 0 Å². The van der Waals surface area contributed by atoms with Gasteiger partial charge in [-0.05, 0) is 86.1 Å². The second-order valence-corrected chi connectivity index (χ2v) is 14.8. The minimum Gasteiger partial charge on any atom is -0.504 e. The Labute approximate surface area is 241 Å². The topological polar surface area (TPSA) is 62.2 Å². The number of hydrogen-bond acceptors (Lipinski definition) is 6. The van der Waals surface area contributed by atoms with Crippen molar-refractivity contribution in [2.75, 3.05) is 26.0 Å². The van der Waals surface area contributed by atoms with Gasteiger partial charge in [0.15, 0.2) is 11.5 Å². The molecule has 2 saturated carbocycles. The fraction of sp³-hybridized carbons (Fsp3) is 0.588. The highest BCUT2D eigenvalue weighted by molar-refractivity contribution is 7.99. The molecular weight excluding hydrogens is 518 g/mol. The summed E-state index contributed by atoms with van der Waals surface area (Å²) in [5.74, 6) is 2.79. The van der Waals surface area contributed by atoms with E-state index in [2.05, 4.69) is 61.2 Å². The average molecular weight is 560 g/mol. The molecule has 5 nitrogen and oxygen atoms in total. The van der Waals surface area contributed by atoms with Gasteiger partial charge in [-0.3, -0.25) is 4.90 Å². The number of likely N-dealkylation sites (tertiary alicyclic amines) is 1. The van der Waals surface area contributed by atoms with E-state index in [1.54, 1.807) is 7.11 Å². The van der Waals surface area contributed by atoms with Gasteiger partial charge >= 0.3 is 0 Å². The zero-order valence-electron chi connectivity index (χ0n) is 23.9. The van der Waals surface area contributed by atoms with Crippen LogP contribution in [0.5, 0.6) is 11.5 Å². The molecular formula is C34H41NO4S. The van der Waals surface area contributed by atoms with E-state index in [4.69, 9.17) is 9.47 Å². The van der Waals surface area contributed by atoms with Gasteiger partial charge in [0, 0.05) is 41.0 Å². The molecule has 3 fully saturated rings. The molecule has 7 aliphatic rings. The maximum atomic E-state index is 12.3. The molecule has 212 valence electrons. The molecule has 2 aromatic carbocycles. The average Bonchev–Trinajstić information content (AvgIpc) is 3.71. The Balaban J connectivity index is 1.29. The van der Waals surface area contributed by atoms with Crippen LogP contribution in [0.4, 0.5) is 0 Å². The van der Waals surface area contributed by atoms with E-state index in [-0.39, 0.29) is 22.7 Å². The summed E-state index contributed by atoms with van der Waals surface area (Å²) in [6, 6.07) is 12.8. The number of aromatic hydroxyl groups is 1. The molecule has 6 heteroatoms. The van der Waals surface area contributed by atoms with Crippen molar-refractivity contribution in [1.82, 2.24) is 4.90 Å². The van der Waals surface area contributed by atoms with Crippen LogP contribution in [-0.2, 0) is 16.6 Å². The number of ether oxygens (including phenoxy) is 2. The molecule has 2 heterocycles. The molecule has 3 unspecified atom stereocenters. The molecule has 2 N–H and O–H groups in total. The molecule has 1 saturated heterocycles. The number of methoxy groups -OCH3 is 1. The molecule has 2 spiro atoms. The van der Waals surface area contributed by atoms with E-state index in [0.717, 1.165) is 56.0 Å². The number of fused-ring (bicyclic) bond motifs is 1. The zero-order chi connectivity index (χ0) is 27.5. The first kappa shape index (κ1) is 25.7. The first-order chi connectivity index (χ1) is 19.3. The highest BCUT2D eigenvalue weighted by atomic mass is 32.2. The molecule has 0 amide bonds. The van der Waals surface area contributed by atoms with Gasteiger partial charge < -0.3 is 19.7 Å². The maximum absolute atomic E-state index is 12.3. The van der Waals surface area contributed by atoms with Crippen molar-refractivity contribution in [3.8, 4) is 11.5 Å². The number of aliphatic hydroxyl groups is 1. The number of hydrogen-bond donors (Lipinski definition) is 2. The van der Waals surface area contributed by atoms with Gasteiger partial charge in [-0.25, -0.2) is 0 Å². The molecule has 4 bridgehead atoms. The predicted octanol–water partition coefficient (Wildman–Crippen LogP) is 6.02. The van der Waals surface area contributed by atoms with Crippen LogP contribution in [0.3, 0.4) is 0 Å². The van der Waals surface area contributed by atoms with E-state index < -0.39 is 17.1 Å². The Kier molecular flexibility index (Phi) is 5.48. The quantitative estimate of drug-likeness (QED) is 0.305. The maximum Gasteiger partial charge on any atom is 0.165 e. The normalized spacial score (nSPS) is 39.2. The van der Waals surface area contributed by atoms with E-state index >= 15 is 0 Å². The summed E-state index contributed by atoms with van der Waals surface area (Å²) in [6.45, 7) is 6.63. The first-order valence-electron chi connectivity index (χ1n) is 15.3. The number of thioether (sulfide) groups is 1. The summed E-state index contributed by atoms with van der Waals surface area (Å²) in [5.41, 5.74) is 1.53. The highest BCUT2D eigenvalue weighted by Crippen LogP contribution is 2.78. The van der Waals surface area contributed by atoms with Crippen LogP contribution >= 0.6 is 11.8 Å². The number of piperidine rings is 1. The molecule has 2 aromatic rings. The predicted molar refractivity (Wildman–Crippen MR) is 157 cm³/mol. The van der Waals surface area contributed by atoms with E-state index in [0.29, 0.717) is 11.8 Å². The van der Waals surface area contributed by atoms with Crippen molar-refractivity contribution in [2.45, 2.75) is 86.5 Å². The second kappa shape index (κ2) is 8.53. The Hall–Kier alpha value is -1.99. The summed E-state index contributed by atoms with van der Waals surface area (Å²) in [4.78, 5) is 4.01. The summed E-state index contributed by atoms with van der Waals surface area (Å²) < 4.78 is 13.6. The number of aliphatic hydroxyl groups excluding tert-OH is 1. The third-order valence-corrected chi connectivity index (χ3v) is 13.0. The number of rotatable bonds is 8. The lowest BCUT2D eigenvalue weighted by atomic mass is 9.33. The fourth-order valence-electron chi connectivity index (χ4n) is 9.87. The van der Waals surface area contributed by atoms with Crippen molar-refractivity contribution in [3.05, 3.63) is 65.2 Å². The highest BCUT2D eigenvalue weighted by Gasteiger charge is 2.82. The monoisotopic (exact) mass is 559 g/mol. The van der Waals surface area contributed by atoms with E-state index in [9.17, 15) is 10.2 Å². The second-order valence-electron chi connectivity index (χ2n) is 13.6. The summed E-state index contributed by atoms with van der Waals surface area (Å²) in [5, 5.41) is 23.4. The largest absolute Gasteiger partial charge is 0.504 e. The lowest BCUT2D eigenvalue weighted by Crippen LogP contribution is -2.81. The van der Waals surface area contributed by atoms with E-state index in [1.165, 1.54) is 28.9 Å². The van der Waals surface area contributed by atoms with Crippen LogP contribution in [0, 0.1) is 16.7 Å². The molecule has 2 aliphatic heterocycles. The van der Waals surface area contributed by atoms with Crippen LogP contribution in [0.15, 0.2) is 53.4 Å². The molecule has 0 radical (unpaired) electrons. The molecule has 5 aliphatic carbocycles. The van der Waals surface area contributed by atoms with Crippen molar-refractivity contribution >= 4 is 11.8 Å². The number of phenols is 1. The van der Waals surface area contributed by atoms with Gasteiger partial charge in [-0.15, -0.1) is 11.8 Å². The molecule has 9 rings (SSSR count). The SMILES string of the molecule is CCCSc1ccc([C@@H](O)C2(C)CC34C=C[C@]2(OC)[C@H]2Oc5c(O)ccc6c5[C@@]23CCN(CC2CC2)C4C6)cc1. The Morgan fingerprint density at radius 1 is 1.15 bits per heavy atom. The number of nitrogens with zero attached hydrogens (tertiary/aromatic N) is 1. The standard InChI is InChI=1S/C34H41NO4S/c1-4-17-40-24-10-7-22(8-11-24)29(37)31(2)20-32-13-14-34(31,38-3)30-33(32)15-16-35(19-21-5-6-21)26(32)18-23-9-12-25(36)28(39-30)27(23)33/h7-14,21,26,29-30,36-37H,4-6,15-20H2,1-3H3/t26?,29-,30+,31?,32?,33+,34+/m1/s1. The summed E-state index contributed by atoms with van der Waals surface area (Å²) in [6.07, 6.45) is 10.3. The van der Waals surface area contributed by atoms with Gasteiger partial charge in [-0.1, -0.05) is 44.2 Å². The van der Waals surface area contributed by atoms with Crippen molar-refractivity contribution < 1.29 is 19.7 Å². The minimum atomic E-state index is -0.840. The lowest BCUT2D eigenvalue weighted by molar-refractivity contribution is -0.270. The smallest absolute Gasteiger partial charge is 0.165 e. The van der Waals surface area contributed by atoms with Crippen molar-refractivity contribution in [2.24, 2.45) is 16.7 Å². The zero-order valence-corrected chi connectivity index (χ0v) is 24.7. The van der Waals surface area contributed by atoms with Gasteiger partial charge in [0.2, 0.25) is 0 Å².